The monoisotopic (exact) mass is 163 g/mol. The van der Waals surface area contributed by atoms with Crippen LogP contribution in [0.15, 0.2) is 0 Å². The summed E-state index contributed by atoms with van der Waals surface area (Å²) in [7, 11) is -2.73. The Labute approximate surface area is 61.5 Å². The van der Waals surface area contributed by atoms with Gasteiger partial charge in [-0.1, -0.05) is 0 Å². The lowest BCUT2D eigenvalue weighted by Gasteiger charge is -2.05. The lowest BCUT2D eigenvalue weighted by atomic mass is 10.2. The van der Waals surface area contributed by atoms with Crippen LogP contribution in [0.4, 0.5) is 0 Å². The third kappa shape index (κ3) is 1.49. The molecular formula is C6H13NO2S. The Morgan fingerprint density at radius 1 is 1.50 bits per heavy atom. The van der Waals surface area contributed by atoms with E-state index in [0.717, 1.165) is 12.8 Å². The van der Waals surface area contributed by atoms with Gasteiger partial charge in [-0.2, -0.15) is 0 Å². The van der Waals surface area contributed by atoms with Crippen LogP contribution in [0.1, 0.15) is 19.3 Å². The average molecular weight is 163 g/mol. The quantitative estimate of drug-likeness (QED) is 0.619. The van der Waals surface area contributed by atoms with Crippen molar-refractivity contribution in [1.29, 1.82) is 0 Å². The maximum Gasteiger partial charge on any atom is 0.153 e. The summed E-state index contributed by atoms with van der Waals surface area (Å²) < 4.78 is 22.2. The molecule has 0 aromatic rings. The van der Waals surface area contributed by atoms with E-state index in [1.165, 1.54) is 0 Å². The highest BCUT2D eigenvalue weighted by atomic mass is 32.2. The molecular weight excluding hydrogens is 150 g/mol. The van der Waals surface area contributed by atoms with E-state index in [4.69, 9.17) is 5.73 Å². The fraction of sp³-hybridized carbons (Fsp3) is 1.00. The van der Waals surface area contributed by atoms with Gasteiger partial charge in [0.2, 0.25) is 0 Å². The van der Waals surface area contributed by atoms with Crippen LogP contribution in [-0.2, 0) is 9.84 Å². The molecule has 0 spiro atoms. The van der Waals surface area contributed by atoms with Crippen molar-refractivity contribution in [3.8, 4) is 0 Å². The van der Waals surface area contributed by atoms with Crippen molar-refractivity contribution in [3.05, 3.63) is 0 Å². The summed E-state index contributed by atoms with van der Waals surface area (Å²) >= 11 is 0. The van der Waals surface area contributed by atoms with Gasteiger partial charge in [0.05, 0.1) is 11.0 Å². The second kappa shape index (κ2) is 2.88. The molecule has 1 aliphatic rings. The van der Waals surface area contributed by atoms with E-state index < -0.39 is 9.84 Å². The van der Waals surface area contributed by atoms with Crippen LogP contribution >= 0.6 is 0 Å². The number of hydrogen-bond acceptors (Lipinski definition) is 3. The molecule has 0 aromatic carbocycles. The Morgan fingerprint density at radius 2 is 2.20 bits per heavy atom. The zero-order chi connectivity index (χ0) is 7.61. The van der Waals surface area contributed by atoms with E-state index in [9.17, 15) is 8.42 Å². The predicted octanol–water partition coefficient (Wildman–Crippen LogP) is -0.0876. The van der Waals surface area contributed by atoms with Crippen LogP contribution in [0.2, 0.25) is 0 Å². The molecule has 60 valence electrons. The van der Waals surface area contributed by atoms with Gasteiger partial charge in [0.15, 0.2) is 9.84 Å². The Kier molecular flexibility index (Phi) is 2.31. The van der Waals surface area contributed by atoms with Crippen molar-refractivity contribution in [2.75, 3.05) is 12.3 Å². The summed E-state index contributed by atoms with van der Waals surface area (Å²) in [6, 6.07) is 0. The molecule has 10 heavy (non-hydrogen) atoms. The van der Waals surface area contributed by atoms with Crippen molar-refractivity contribution in [2.45, 2.75) is 24.5 Å². The van der Waals surface area contributed by atoms with Crippen molar-refractivity contribution in [3.63, 3.8) is 0 Å². The van der Waals surface area contributed by atoms with Gasteiger partial charge in [-0.3, -0.25) is 0 Å². The van der Waals surface area contributed by atoms with Crippen molar-refractivity contribution >= 4 is 9.84 Å². The van der Waals surface area contributed by atoms with E-state index in [1.807, 2.05) is 0 Å². The lowest BCUT2D eigenvalue weighted by molar-refractivity contribution is 0.583. The maximum absolute atomic E-state index is 11.1. The molecule has 3 nitrogen and oxygen atoms in total. The number of rotatable bonds is 2. The lowest BCUT2D eigenvalue weighted by Crippen LogP contribution is -2.19. The van der Waals surface area contributed by atoms with Gasteiger partial charge >= 0.3 is 0 Å². The standard InChI is InChI=1S/C6H13NO2S/c7-4-3-6-2-1-5-10(6,8)9/h6H,1-5,7H2/t6-/m0/s1. The molecule has 0 aliphatic carbocycles. The van der Waals surface area contributed by atoms with Gasteiger partial charge in [0.1, 0.15) is 0 Å². The van der Waals surface area contributed by atoms with Crippen LogP contribution in [0.3, 0.4) is 0 Å². The Balaban J connectivity index is 2.60. The molecule has 2 N–H and O–H groups in total. The number of nitrogens with two attached hydrogens (primary N) is 1. The Hall–Kier alpha value is -0.0900. The molecule has 1 atom stereocenters. The van der Waals surface area contributed by atoms with Crippen LogP contribution in [0.25, 0.3) is 0 Å². The summed E-state index contributed by atoms with van der Waals surface area (Å²) in [6.07, 6.45) is 2.29. The molecule has 1 fully saturated rings. The smallest absolute Gasteiger partial charge is 0.153 e. The van der Waals surface area contributed by atoms with Crippen LogP contribution in [-0.4, -0.2) is 26.0 Å². The normalized spacial score (nSPS) is 30.7. The molecule has 1 saturated heterocycles. The highest BCUT2D eigenvalue weighted by molar-refractivity contribution is 7.92. The third-order valence-electron chi connectivity index (χ3n) is 1.95. The second-order valence-corrected chi connectivity index (χ2v) is 5.11. The van der Waals surface area contributed by atoms with Gasteiger partial charge < -0.3 is 5.73 Å². The first-order chi connectivity index (χ1) is 4.67. The summed E-state index contributed by atoms with van der Waals surface area (Å²) in [5, 5.41) is -0.127. The van der Waals surface area contributed by atoms with E-state index in [-0.39, 0.29) is 5.25 Å². The van der Waals surface area contributed by atoms with Crippen LogP contribution in [0.5, 0.6) is 0 Å². The Bertz CT molecular complexity index is 198. The molecule has 0 unspecified atom stereocenters. The first-order valence-corrected chi connectivity index (χ1v) is 5.30. The SMILES string of the molecule is NCC[C@@H]1CCCS1(=O)=O. The summed E-state index contributed by atoms with van der Waals surface area (Å²) in [6.45, 7) is 0.490. The highest BCUT2D eigenvalue weighted by Gasteiger charge is 2.29. The van der Waals surface area contributed by atoms with E-state index in [1.54, 1.807) is 0 Å². The van der Waals surface area contributed by atoms with Gasteiger partial charge in [-0.15, -0.1) is 0 Å². The molecule has 0 amide bonds. The van der Waals surface area contributed by atoms with Crippen molar-refractivity contribution in [1.82, 2.24) is 0 Å². The molecule has 0 aromatic heterocycles. The van der Waals surface area contributed by atoms with Crippen molar-refractivity contribution in [2.24, 2.45) is 5.73 Å². The summed E-state index contributed by atoms with van der Waals surface area (Å²) in [5.41, 5.74) is 5.26. The predicted molar refractivity (Wildman–Crippen MR) is 40.5 cm³/mol. The first kappa shape index (κ1) is 8.01. The molecule has 0 radical (unpaired) electrons. The highest BCUT2D eigenvalue weighted by Crippen LogP contribution is 2.21. The van der Waals surface area contributed by atoms with E-state index >= 15 is 0 Å². The topological polar surface area (TPSA) is 60.2 Å². The van der Waals surface area contributed by atoms with Crippen LogP contribution < -0.4 is 5.73 Å². The fourth-order valence-electron chi connectivity index (χ4n) is 1.37. The van der Waals surface area contributed by atoms with Gasteiger partial charge in [0, 0.05) is 0 Å². The minimum absolute atomic E-state index is 0.127. The minimum Gasteiger partial charge on any atom is -0.330 e. The molecule has 1 heterocycles. The number of hydrogen-bond donors (Lipinski definition) is 1. The van der Waals surface area contributed by atoms with Gasteiger partial charge in [-0.25, -0.2) is 8.42 Å². The molecule has 1 aliphatic heterocycles. The van der Waals surface area contributed by atoms with E-state index in [0.29, 0.717) is 18.7 Å². The number of sulfone groups is 1. The minimum atomic E-state index is -2.73. The second-order valence-electron chi connectivity index (χ2n) is 2.71. The first-order valence-electron chi connectivity index (χ1n) is 3.58. The summed E-state index contributed by atoms with van der Waals surface area (Å²) in [5.74, 6) is 0.373. The molecule has 1 rings (SSSR count). The zero-order valence-corrected chi connectivity index (χ0v) is 6.73. The van der Waals surface area contributed by atoms with Crippen molar-refractivity contribution < 1.29 is 8.42 Å². The largest absolute Gasteiger partial charge is 0.330 e. The molecule has 0 bridgehead atoms. The Morgan fingerprint density at radius 3 is 2.60 bits per heavy atom. The molecule has 0 saturated carbocycles. The molecule has 4 heteroatoms. The van der Waals surface area contributed by atoms with Gasteiger partial charge in [0.25, 0.3) is 0 Å². The third-order valence-corrected chi connectivity index (χ3v) is 4.30. The van der Waals surface area contributed by atoms with E-state index in [2.05, 4.69) is 0 Å². The summed E-state index contributed by atoms with van der Waals surface area (Å²) in [4.78, 5) is 0. The zero-order valence-electron chi connectivity index (χ0n) is 5.91. The van der Waals surface area contributed by atoms with Crippen LogP contribution in [0, 0.1) is 0 Å². The maximum atomic E-state index is 11.1. The fourth-order valence-corrected chi connectivity index (χ4v) is 3.29. The van der Waals surface area contributed by atoms with Gasteiger partial charge in [-0.05, 0) is 25.8 Å². The average Bonchev–Trinajstić information content (AvgIpc) is 2.13.